The molecule has 2 aliphatic heterocycles. The summed E-state index contributed by atoms with van der Waals surface area (Å²) in [7, 11) is 0. The van der Waals surface area contributed by atoms with Crippen molar-refractivity contribution in [2.75, 3.05) is 32.8 Å². The van der Waals surface area contributed by atoms with Crippen molar-refractivity contribution in [1.29, 1.82) is 0 Å². The molecule has 0 aliphatic carbocycles. The Morgan fingerprint density at radius 3 is 2.94 bits per heavy atom. The van der Waals surface area contributed by atoms with E-state index in [4.69, 9.17) is 9.47 Å². The van der Waals surface area contributed by atoms with E-state index in [1.807, 2.05) is 6.92 Å². The summed E-state index contributed by atoms with van der Waals surface area (Å²) in [5, 5.41) is 6.02. The van der Waals surface area contributed by atoms with Crippen molar-refractivity contribution in [3.05, 3.63) is 0 Å². The highest BCUT2D eigenvalue weighted by Crippen LogP contribution is 2.15. The summed E-state index contributed by atoms with van der Waals surface area (Å²) in [6.07, 6.45) is 4.77. The third-order valence-electron chi connectivity index (χ3n) is 3.61. The Bertz CT molecular complexity index is 273. The summed E-state index contributed by atoms with van der Waals surface area (Å²) >= 11 is 0. The van der Waals surface area contributed by atoms with E-state index < -0.39 is 0 Å². The Balaban J connectivity index is 1.51. The van der Waals surface area contributed by atoms with Gasteiger partial charge in [0, 0.05) is 26.2 Å². The largest absolute Gasteiger partial charge is 0.378 e. The van der Waals surface area contributed by atoms with E-state index in [1.165, 1.54) is 12.8 Å². The number of hydrogen-bond donors (Lipinski definition) is 2. The van der Waals surface area contributed by atoms with E-state index in [0.29, 0.717) is 12.6 Å². The first-order valence-electron chi connectivity index (χ1n) is 6.91. The highest BCUT2D eigenvalue weighted by Gasteiger charge is 2.32. The van der Waals surface area contributed by atoms with Gasteiger partial charge in [-0.15, -0.1) is 0 Å². The lowest BCUT2D eigenvalue weighted by atomic mass is 10.0. The zero-order valence-electron chi connectivity index (χ0n) is 11.2. The van der Waals surface area contributed by atoms with Gasteiger partial charge in [0.25, 0.3) is 0 Å². The molecule has 0 bridgehead atoms. The van der Waals surface area contributed by atoms with Crippen LogP contribution in [0.4, 0.5) is 0 Å². The molecule has 1 unspecified atom stereocenters. The van der Waals surface area contributed by atoms with Crippen molar-refractivity contribution < 1.29 is 14.3 Å². The number of carbonyl (C=O) groups is 1. The van der Waals surface area contributed by atoms with E-state index in [9.17, 15) is 4.79 Å². The lowest BCUT2D eigenvalue weighted by molar-refractivity contribution is -0.135. The molecule has 2 heterocycles. The van der Waals surface area contributed by atoms with Crippen molar-refractivity contribution in [2.45, 2.75) is 44.3 Å². The van der Waals surface area contributed by atoms with Crippen LogP contribution in [0.2, 0.25) is 0 Å². The van der Waals surface area contributed by atoms with E-state index in [1.54, 1.807) is 0 Å². The maximum Gasteiger partial charge on any atom is 0.246 e. The van der Waals surface area contributed by atoms with Crippen LogP contribution in [0.1, 0.15) is 32.6 Å². The fourth-order valence-electron chi connectivity index (χ4n) is 2.28. The third-order valence-corrected chi connectivity index (χ3v) is 3.61. The summed E-state index contributed by atoms with van der Waals surface area (Å²) in [6.45, 7) is 5.39. The highest BCUT2D eigenvalue weighted by molar-refractivity contribution is 5.77. The fourth-order valence-corrected chi connectivity index (χ4v) is 2.28. The molecule has 0 aromatic carbocycles. The Morgan fingerprint density at radius 1 is 1.50 bits per heavy atom. The summed E-state index contributed by atoms with van der Waals surface area (Å²) in [6, 6.07) is 0. The van der Waals surface area contributed by atoms with Crippen LogP contribution >= 0.6 is 0 Å². The Labute approximate surface area is 109 Å². The van der Waals surface area contributed by atoms with Crippen molar-refractivity contribution in [3.8, 4) is 0 Å². The molecular formula is C13H24N2O3. The number of nitrogens with one attached hydrogen (secondary N) is 2. The van der Waals surface area contributed by atoms with Crippen LogP contribution in [0.3, 0.4) is 0 Å². The van der Waals surface area contributed by atoms with Gasteiger partial charge in [-0.1, -0.05) is 0 Å². The van der Waals surface area contributed by atoms with Gasteiger partial charge < -0.3 is 20.1 Å². The molecule has 0 radical (unpaired) electrons. The standard InChI is InChI=1S/C13H24N2O3/c1-13(9-14-10-13)18-8-12(16)15-6-5-11-4-2-3-7-17-11/h11,14H,2-10H2,1H3,(H,15,16). The molecule has 2 fully saturated rings. The average molecular weight is 256 g/mol. The molecule has 0 aromatic rings. The van der Waals surface area contributed by atoms with Crippen LogP contribution in [-0.4, -0.2) is 50.5 Å². The summed E-state index contributed by atoms with van der Waals surface area (Å²) in [4.78, 5) is 11.6. The summed E-state index contributed by atoms with van der Waals surface area (Å²) in [5.41, 5.74) is -0.149. The first-order valence-corrected chi connectivity index (χ1v) is 6.91. The lowest BCUT2D eigenvalue weighted by Crippen LogP contribution is -2.59. The molecule has 2 aliphatic rings. The van der Waals surface area contributed by atoms with Crippen LogP contribution in [0, 0.1) is 0 Å². The predicted molar refractivity (Wildman–Crippen MR) is 68.4 cm³/mol. The van der Waals surface area contributed by atoms with E-state index >= 15 is 0 Å². The average Bonchev–Trinajstić information content (AvgIpc) is 2.35. The molecule has 0 aromatic heterocycles. The van der Waals surface area contributed by atoms with Crippen LogP contribution in [0.15, 0.2) is 0 Å². The van der Waals surface area contributed by atoms with E-state index in [-0.39, 0.29) is 18.1 Å². The van der Waals surface area contributed by atoms with Crippen LogP contribution in [0.5, 0.6) is 0 Å². The molecule has 0 saturated carbocycles. The number of hydrogen-bond acceptors (Lipinski definition) is 4. The Kier molecular flexibility index (Phi) is 4.97. The van der Waals surface area contributed by atoms with Crippen molar-refractivity contribution in [3.63, 3.8) is 0 Å². The topological polar surface area (TPSA) is 59.6 Å². The van der Waals surface area contributed by atoms with Gasteiger partial charge in [-0.2, -0.15) is 0 Å². The number of rotatable bonds is 6. The zero-order chi connectivity index (χ0) is 12.8. The first-order chi connectivity index (χ1) is 8.68. The molecular weight excluding hydrogens is 232 g/mol. The SMILES string of the molecule is CC1(OCC(=O)NCCC2CCCCO2)CNC1. The summed E-state index contributed by atoms with van der Waals surface area (Å²) in [5.74, 6) is -0.0288. The minimum absolute atomic E-state index is 0.0288. The van der Waals surface area contributed by atoms with Gasteiger partial charge >= 0.3 is 0 Å². The molecule has 1 amide bonds. The smallest absolute Gasteiger partial charge is 0.246 e. The molecule has 5 heteroatoms. The lowest BCUT2D eigenvalue weighted by Gasteiger charge is -2.38. The zero-order valence-corrected chi connectivity index (χ0v) is 11.2. The second kappa shape index (κ2) is 6.50. The molecule has 2 N–H and O–H groups in total. The van der Waals surface area contributed by atoms with Gasteiger partial charge in [-0.05, 0) is 32.6 Å². The van der Waals surface area contributed by atoms with Gasteiger partial charge in [0.1, 0.15) is 6.61 Å². The molecule has 1 atom stereocenters. The second-order valence-corrected chi connectivity index (χ2v) is 5.47. The van der Waals surface area contributed by atoms with Gasteiger partial charge in [-0.3, -0.25) is 4.79 Å². The maximum atomic E-state index is 11.6. The number of carbonyl (C=O) groups excluding carboxylic acids is 1. The molecule has 2 saturated heterocycles. The second-order valence-electron chi connectivity index (χ2n) is 5.47. The van der Waals surface area contributed by atoms with Crippen molar-refractivity contribution in [1.82, 2.24) is 10.6 Å². The van der Waals surface area contributed by atoms with Gasteiger partial charge in [0.2, 0.25) is 5.91 Å². The quantitative estimate of drug-likeness (QED) is 0.724. The first kappa shape index (κ1) is 13.8. The minimum atomic E-state index is -0.149. The minimum Gasteiger partial charge on any atom is -0.378 e. The molecule has 5 nitrogen and oxygen atoms in total. The van der Waals surface area contributed by atoms with Crippen LogP contribution in [0.25, 0.3) is 0 Å². The molecule has 2 rings (SSSR count). The number of amides is 1. The molecule has 18 heavy (non-hydrogen) atoms. The normalized spacial score (nSPS) is 26.4. The fraction of sp³-hybridized carbons (Fsp3) is 0.923. The highest BCUT2D eigenvalue weighted by atomic mass is 16.5. The Morgan fingerprint density at radius 2 is 2.33 bits per heavy atom. The predicted octanol–water partition coefficient (Wildman–Crippen LogP) is 0.440. The maximum absolute atomic E-state index is 11.6. The van der Waals surface area contributed by atoms with Gasteiger partial charge in [0.15, 0.2) is 0 Å². The monoisotopic (exact) mass is 256 g/mol. The molecule has 0 spiro atoms. The Hall–Kier alpha value is -0.650. The number of ether oxygens (including phenoxy) is 2. The van der Waals surface area contributed by atoms with Gasteiger partial charge in [-0.25, -0.2) is 0 Å². The van der Waals surface area contributed by atoms with Crippen LogP contribution < -0.4 is 10.6 Å². The molecule has 104 valence electrons. The van der Waals surface area contributed by atoms with Gasteiger partial charge in [0.05, 0.1) is 11.7 Å². The van der Waals surface area contributed by atoms with Crippen LogP contribution in [-0.2, 0) is 14.3 Å². The van der Waals surface area contributed by atoms with E-state index in [2.05, 4.69) is 10.6 Å². The van der Waals surface area contributed by atoms with E-state index in [0.717, 1.165) is 32.5 Å². The van der Waals surface area contributed by atoms with Crippen molar-refractivity contribution in [2.24, 2.45) is 0 Å². The third kappa shape index (κ3) is 4.23. The van der Waals surface area contributed by atoms with Crippen molar-refractivity contribution >= 4 is 5.91 Å². The summed E-state index contributed by atoms with van der Waals surface area (Å²) < 4.78 is 11.2.